The maximum atomic E-state index is 14.2. The molecule has 2 aromatic carbocycles. The summed E-state index contributed by atoms with van der Waals surface area (Å²) in [7, 11) is 0. The van der Waals surface area contributed by atoms with Crippen LogP contribution in [0.5, 0.6) is 0 Å². The van der Waals surface area contributed by atoms with Crippen LogP contribution in [0, 0.1) is 11.6 Å². The molecule has 0 radical (unpaired) electrons. The fraction of sp³-hybridized carbons (Fsp3) is 0.143. The summed E-state index contributed by atoms with van der Waals surface area (Å²) in [5.41, 5.74) is 2.75. The average Bonchev–Trinajstić information content (AvgIpc) is 3.38. The van der Waals surface area contributed by atoms with Gasteiger partial charge in [0.1, 0.15) is 11.6 Å². The van der Waals surface area contributed by atoms with Crippen molar-refractivity contribution in [2.45, 2.75) is 19.1 Å². The largest absolute Gasteiger partial charge is 0.304 e. The van der Waals surface area contributed by atoms with E-state index in [1.165, 1.54) is 12.1 Å². The van der Waals surface area contributed by atoms with Gasteiger partial charge >= 0.3 is 0 Å². The average molecular weight is 379 g/mol. The number of benzene rings is 2. The van der Waals surface area contributed by atoms with Crippen molar-refractivity contribution >= 4 is 0 Å². The molecule has 0 aliphatic carbocycles. The maximum Gasteiger partial charge on any atom is 0.135 e. The van der Waals surface area contributed by atoms with Crippen molar-refractivity contribution in [2.24, 2.45) is 0 Å². The topological polar surface area (TPSA) is 58.5 Å². The highest BCUT2D eigenvalue weighted by molar-refractivity contribution is 5.63. The number of hydrogen-bond donors (Lipinski definition) is 2. The van der Waals surface area contributed by atoms with E-state index in [9.17, 15) is 8.78 Å². The highest BCUT2D eigenvalue weighted by atomic mass is 19.1. The molecule has 2 heterocycles. The lowest BCUT2D eigenvalue weighted by Gasteiger charge is -2.19. The SMILES string of the molecule is Fc1ccc(-c2[nH]ncc2CNC(Cn2cccn2)c2ccccc2)c(F)c1. The van der Waals surface area contributed by atoms with Crippen molar-refractivity contribution in [2.75, 3.05) is 0 Å². The number of H-pyrrole nitrogens is 1. The molecule has 28 heavy (non-hydrogen) atoms. The van der Waals surface area contributed by atoms with Gasteiger partial charge in [0.15, 0.2) is 0 Å². The van der Waals surface area contributed by atoms with Gasteiger partial charge in [0, 0.05) is 36.1 Å². The highest BCUT2D eigenvalue weighted by Crippen LogP contribution is 2.25. The first-order chi connectivity index (χ1) is 13.7. The lowest BCUT2D eigenvalue weighted by molar-refractivity contribution is 0.437. The second kappa shape index (κ2) is 8.14. The standard InChI is InChI=1S/C21H19F2N5/c22-17-7-8-18(19(23)11-17)21-16(13-25-27-21)12-24-20(14-28-10-4-9-26-28)15-5-2-1-3-6-15/h1-11,13,20,24H,12,14H2,(H,25,27). The van der Waals surface area contributed by atoms with E-state index in [2.05, 4.69) is 32.7 Å². The molecule has 0 amide bonds. The van der Waals surface area contributed by atoms with Crippen molar-refractivity contribution in [1.29, 1.82) is 0 Å². The number of nitrogens with zero attached hydrogens (tertiary/aromatic N) is 3. The van der Waals surface area contributed by atoms with Crippen LogP contribution in [0.2, 0.25) is 0 Å². The molecular weight excluding hydrogens is 360 g/mol. The second-order valence-corrected chi connectivity index (χ2v) is 6.47. The van der Waals surface area contributed by atoms with Crippen molar-refractivity contribution < 1.29 is 8.78 Å². The monoisotopic (exact) mass is 379 g/mol. The third-order valence-corrected chi connectivity index (χ3v) is 4.59. The minimum atomic E-state index is -0.623. The number of aromatic nitrogens is 4. The molecule has 0 saturated carbocycles. The smallest absolute Gasteiger partial charge is 0.135 e. The van der Waals surface area contributed by atoms with Crippen LogP contribution < -0.4 is 5.32 Å². The first-order valence-electron chi connectivity index (χ1n) is 8.94. The zero-order chi connectivity index (χ0) is 19.3. The van der Waals surface area contributed by atoms with Gasteiger partial charge in [-0.15, -0.1) is 0 Å². The van der Waals surface area contributed by atoms with E-state index in [0.717, 1.165) is 17.2 Å². The lowest BCUT2D eigenvalue weighted by atomic mass is 10.0. The summed E-state index contributed by atoms with van der Waals surface area (Å²) in [4.78, 5) is 0. The third-order valence-electron chi connectivity index (χ3n) is 4.59. The van der Waals surface area contributed by atoms with Gasteiger partial charge < -0.3 is 5.32 Å². The van der Waals surface area contributed by atoms with Gasteiger partial charge in [0.05, 0.1) is 24.5 Å². The van der Waals surface area contributed by atoms with E-state index in [4.69, 9.17) is 0 Å². The van der Waals surface area contributed by atoms with Crippen LogP contribution in [-0.4, -0.2) is 20.0 Å². The van der Waals surface area contributed by atoms with Gasteiger partial charge in [-0.25, -0.2) is 8.78 Å². The van der Waals surface area contributed by atoms with E-state index >= 15 is 0 Å². The molecule has 1 unspecified atom stereocenters. The summed E-state index contributed by atoms with van der Waals surface area (Å²) in [6, 6.07) is 15.5. The van der Waals surface area contributed by atoms with E-state index in [1.54, 1.807) is 12.4 Å². The number of halogens is 2. The first-order valence-corrected chi connectivity index (χ1v) is 8.94. The third kappa shape index (κ3) is 3.99. The Labute approximate surface area is 161 Å². The van der Waals surface area contributed by atoms with Crippen molar-refractivity contribution in [3.05, 3.63) is 95.9 Å². The van der Waals surface area contributed by atoms with Crippen molar-refractivity contribution in [1.82, 2.24) is 25.3 Å². The van der Waals surface area contributed by atoms with Crippen LogP contribution in [0.3, 0.4) is 0 Å². The molecule has 0 bridgehead atoms. The number of aromatic amines is 1. The molecule has 1 atom stereocenters. The zero-order valence-electron chi connectivity index (χ0n) is 15.0. The summed E-state index contributed by atoms with van der Waals surface area (Å²) >= 11 is 0. The Balaban J connectivity index is 1.56. The molecule has 2 N–H and O–H groups in total. The number of hydrogen-bond acceptors (Lipinski definition) is 3. The molecule has 5 nitrogen and oxygen atoms in total. The molecule has 4 aromatic rings. The Morgan fingerprint density at radius 3 is 2.68 bits per heavy atom. The van der Waals surface area contributed by atoms with Gasteiger partial charge in [0.25, 0.3) is 0 Å². The molecule has 142 valence electrons. The highest BCUT2D eigenvalue weighted by Gasteiger charge is 2.16. The van der Waals surface area contributed by atoms with E-state index in [-0.39, 0.29) is 6.04 Å². The molecule has 2 aromatic heterocycles. The molecule has 0 saturated heterocycles. The number of nitrogens with one attached hydrogen (secondary N) is 2. The van der Waals surface area contributed by atoms with E-state index in [0.29, 0.717) is 24.3 Å². The lowest BCUT2D eigenvalue weighted by Crippen LogP contribution is -2.25. The van der Waals surface area contributed by atoms with Gasteiger partial charge in [-0.05, 0) is 23.8 Å². The van der Waals surface area contributed by atoms with Crippen LogP contribution >= 0.6 is 0 Å². The normalized spacial score (nSPS) is 12.2. The Morgan fingerprint density at radius 2 is 1.93 bits per heavy atom. The molecule has 4 rings (SSSR count). The molecule has 0 aliphatic heterocycles. The molecule has 0 spiro atoms. The fourth-order valence-corrected chi connectivity index (χ4v) is 3.17. The fourth-order valence-electron chi connectivity index (χ4n) is 3.17. The van der Waals surface area contributed by atoms with Gasteiger partial charge in [-0.1, -0.05) is 30.3 Å². The summed E-state index contributed by atoms with van der Waals surface area (Å²) < 4.78 is 29.3. The van der Waals surface area contributed by atoms with E-state index < -0.39 is 11.6 Å². The summed E-state index contributed by atoms with van der Waals surface area (Å²) in [5.74, 6) is -1.23. The van der Waals surface area contributed by atoms with Gasteiger partial charge in [-0.3, -0.25) is 9.78 Å². The van der Waals surface area contributed by atoms with Gasteiger partial charge in [-0.2, -0.15) is 10.2 Å². The van der Waals surface area contributed by atoms with Crippen molar-refractivity contribution in [3.63, 3.8) is 0 Å². The van der Waals surface area contributed by atoms with Crippen LogP contribution in [0.15, 0.2) is 73.2 Å². The minimum absolute atomic E-state index is 0.00177. The summed E-state index contributed by atoms with van der Waals surface area (Å²) in [5, 5.41) is 14.7. The van der Waals surface area contributed by atoms with Crippen LogP contribution in [0.25, 0.3) is 11.3 Å². The predicted molar refractivity (Wildman–Crippen MR) is 102 cm³/mol. The van der Waals surface area contributed by atoms with Crippen molar-refractivity contribution in [3.8, 4) is 11.3 Å². The van der Waals surface area contributed by atoms with E-state index in [1.807, 2.05) is 35.1 Å². The minimum Gasteiger partial charge on any atom is -0.304 e. The maximum absolute atomic E-state index is 14.2. The van der Waals surface area contributed by atoms with Gasteiger partial charge in [0.2, 0.25) is 0 Å². The first kappa shape index (κ1) is 18.1. The zero-order valence-corrected chi connectivity index (χ0v) is 15.0. The quantitative estimate of drug-likeness (QED) is 0.509. The predicted octanol–water partition coefficient (Wildman–Crippen LogP) is 4.08. The van der Waals surface area contributed by atoms with Crippen LogP contribution in [0.4, 0.5) is 8.78 Å². The van der Waals surface area contributed by atoms with Crippen LogP contribution in [-0.2, 0) is 13.1 Å². The molecule has 0 fully saturated rings. The Hall–Kier alpha value is -3.32. The molecular formula is C21H19F2N5. The summed E-state index contributed by atoms with van der Waals surface area (Å²) in [6.45, 7) is 1.11. The summed E-state index contributed by atoms with van der Waals surface area (Å²) in [6.07, 6.45) is 5.31. The number of rotatable bonds is 7. The molecule has 7 heteroatoms. The second-order valence-electron chi connectivity index (χ2n) is 6.47. The van der Waals surface area contributed by atoms with Crippen LogP contribution in [0.1, 0.15) is 17.2 Å². The Morgan fingerprint density at radius 1 is 1.07 bits per heavy atom. The Bertz CT molecular complexity index is 1030. The molecule has 0 aliphatic rings. The Kier molecular flexibility index (Phi) is 5.25.